The molecule has 0 spiro atoms. The van der Waals surface area contributed by atoms with Crippen molar-refractivity contribution in [3.05, 3.63) is 15.6 Å². The highest BCUT2D eigenvalue weighted by molar-refractivity contribution is 7.71. The molecule has 0 radical (unpaired) electrons. The van der Waals surface area contributed by atoms with Crippen molar-refractivity contribution in [1.82, 2.24) is 25.0 Å². The number of carbonyl (C=O) groups excluding carboxylic acids is 1. The smallest absolute Gasteiger partial charge is 0.246 e. The monoisotopic (exact) mass is 340 g/mol. The van der Waals surface area contributed by atoms with Crippen LogP contribution >= 0.6 is 23.6 Å². The van der Waals surface area contributed by atoms with Crippen LogP contribution in [0.15, 0.2) is 0 Å². The maximum atomic E-state index is 12.1. The van der Waals surface area contributed by atoms with Gasteiger partial charge in [-0.1, -0.05) is 32.1 Å². The Balaban J connectivity index is 2.00. The van der Waals surface area contributed by atoms with Crippen molar-refractivity contribution in [2.24, 2.45) is 5.92 Å². The second-order valence-corrected chi connectivity index (χ2v) is 6.88. The van der Waals surface area contributed by atoms with Crippen molar-refractivity contribution in [3.63, 3.8) is 0 Å². The number of aryl methyl sites for hydroxylation is 1. The van der Waals surface area contributed by atoms with Crippen LogP contribution in [0.2, 0.25) is 0 Å². The van der Waals surface area contributed by atoms with Crippen molar-refractivity contribution in [2.45, 2.75) is 46.6 Å². The van der Waals surface area contributed by atoms with E-state index in [0.717, 1.165) is 30.1 Å². The number of anilines is 1. The highest BCUT2D eigenvalue weighted by Crippen LogP contribution is 2.18. The van der Waals surface area contributed by atoms with E-state index in [2.05, 4.69) is 46.5 Å². The van der Waals surface area contributed by atoms with Gasteiger partial charge < -0.3 is 0 Å². The van der Waals surface area contributed by atoms with E-state index < -0.39 is 0 Å². The minimum absolute atomic E-state index is 0.129. The van der Waals surface area contributed by atoms with Crippen molar-refractivity contribution >= 4 is 34.6 Å². The second-order valence-electron chi connectivity index (χ2n) is 5.43. The summed E-state index contributed by atoms with van der Waals surface area (Å²) in [5.74, 6) is 1.12. The van der Waals surface area contributed by atoms with Crippen LogP contribution in [-0.4, -0.2) is 30.9 Å². The summed E-state index contributed by atoms with van der Waals surface area (Å²) < 4.78 is 2.17. The molecule has 120 valence electrons. The number of hydrogen-bond acceptors (Lipinski definition) is 6. The van der Waals surface area contributed by atoms with E-state index in [-0.39, 0.29) is 12.5 Å². The van der Waals surface area contributed by atoms with Crippen LogP contribution in [0.3, 0.4) is 0 Å². The Morgan fingerprint density at radius 3 is 2.91 bits per heavy atom. The third-order valence-corrected chi connectivity index (χ3v) is 4.08. The fraction of sp³-hybridized carbons (Fsp3) is 0.615. The molecular weight excluding hydrogens is 320 g/mol. The number of hydrogen-bond donors (Lipinski definition) is 2. The molecule has 0 bridgehead atoms. The van der Waals surface area contributed by atoms with E-state index in [0.29, 0.717) is 15.8 Å². The van der Waals surface area contributed by atoms with E-state index in [1.807, 2.05) is 0 Å². The van der Waals surface area contributed by atoms with Gasteiger partial charge in [0.2, 0.25) is 11.0 Å². The molecule has 2 heterocycles. The summed E-state index contributed by atoms with van der Waals surface area (Å²) in [7, 11) is 0. The van der Waals surface area contributed by atoms with Gasteiger partial charge in [-0.2, -0.15) is 5.10 Å². The SMILES string of the molecule is CCCc1n[nH]c(=S)n1CC(=O)Nc1nnc(CC(C)C)s1. The predicted molar refractivity (Wildman–Crippen MR) is 88.5 cm³/mol. The molecule has 1 amide bonds. The van der Waals surface area contributed by atoms with E-state index in [9.17, 15) is 4.79 Å². The molecule has 0 saturated heterocycles. The molecule has 0 unspecified atom stereocenters. The average molecular weight is 340 g/mol. The molecule has 0 aliphatic carbocycles. The van der Waals surface area contributed by atoms with Gasteiger partial charge in [0, 0.05) is 12.8 Å². The first-order valence-electron chi connectivity index (χ1n) is 7.26. The molecule has 2 aromatic heterocycles. The third-order valence-electron chi connectivity index (χ3n) is 2.91. The maximum Gasteiger partial charge on any atom is 0.246 e. The fourth-order valence-corrected chi connectivity index (χ4v) is 3.15. The topological polar surface area (TPSA) is 88.5 Å². The van der Waals surface area contributed by atoms with Crippen LogP contribution in [0.5, 0.6) is 0 Å². The summed E-state index contributed by atoms with van der Waals surface area (Å²) in [5, 5.41) is 19.2. The van der Waals surface area contributed by atoms with Crippen molar-refractivity contribution in [2.75, 3.05) is 5.32 Å². The van der Waals surface area contributed by atoms with E-state index in [1.54, 1.807) is 4.57 Å². The number of amides is 1. The van der Waals surface area contributed by atoms with Gasteiger partial charge in [-0.05, 0) is 24.6 Å². The summed E-state index contributed by atoms with van der Waals surface area (Å²) in [6.07, 6.45) is 2.58. The summed E-state index contributed by atoms with van der Waals surface area (Å²) in [6.45, 7) is 6.43. The molecule has 2 rings (SSSR count). The van der Waals surface area contributed by atoms with Gasteiger partial charge in [0.25, 0.3) is 0 Å². The molecule has 0 saturated carbocycles. The predicted octanol–water partition coefficient (Wildman–Crippen LogP) is 2.58. The van der Waals surface area contributed by atoms with E-state index in [1.165, 1.54) is 11.3 Å². The Labute approximate surface area is 138 Å². The summed E-state index contributed by atoms with van der Waals surface area (Å²) in [6, 6.07) is 0. The van der Waals surface area contributed by atoms with Crippen LogP contribution in [0.1, 0.15) is 38.0 Å². The fourth-order valence-electron chi connectivity index (χ4n) is 1.97. The first kappa shape index (κ1) is 16.8. The molecule has 0 aliphatic rings. The number of aromatic nitrogens is 5. The highest BCUT2D eigenvalue weighted by atomic mass is 32.1. The highest BCUT2D eigenvalue weighted by Gasteiger charge is 2.13. The Morgan fingerprint density at radius 2 is 2.23 bits per heavy atom. The zero-order chi connectivity index (χ0) is 16.1. The van der Waals surface area contributed by atoms with Gasteiger partial charge in [-0.25, -0.2) is 0 Å². The quantitative estimate of drug-likeness (QED) is 0.756. The maximum absolute atomic E-state index is 12.1. The standard InChI is InChI=1S/C13H20N6OS2/c1-4-5-9-15-18-13(21)19(9)7-10(20)14-12-17-16-11(22-12)6-8(2)3/h8H,4-7H2,1-3H3,(H,18,21)(H,14,17,20). The van der Waals surface area contributed by atoms with Crippen molar-refractivity contribution < 1.29 is 4.79 Å². The van der Waals surface area contributed by atoms with Gasteiger partial charge in [0.1, 0.15) is 17.4 Å². The van der Waals surface area contributed by atoms with Crippen molar-refractivity contribution in [1.29, 1.82) is 0 Å². The molecule has 2 aromatic rings. The molecular formula is C13H20N6OS2. The van der Waals surface area contributed by atoms with Crippen molar-refractivity contribution in [3.8, 4) is 0 Å². The summed E-state index contributed by atoms with van der Waals surface area (Å²) in [5.41, 5.74) is 0. The Kier molecular flexibility index (Phi) is 5.78. The average Bonchev–Trinajstić information content (AvgIpc) is 2.99. The normalized spacial score (nSPS) is 11.1. The molecule has 9 heteroatoms. The minimum atomic E-state index is -0.179. The van der Waals surface area contributed by atoms with Gasteiger partial charge in [0.05, 0.1) is 0 Å². The second kappa shape index (κ2) is 7.59. The Hall–Kier alpha value is -1.61. The lowest BCUT2D eigenvalue weighted by Gasteiger charge is -2.05. The van der Waals surface area contributed by atoms with Gasteiger partial charge in [0.15, 0.2) is 4.77 Å². The summed E-state index contributed by atoms with van der Waals surface area (Å²) >= 11 is 6.57. The molecule has 0 fully saturated rings. The largest absolute Gasteiger partial charge is 0.299 e. The number of nitrogens with zero attached hydrogens (tertiary/aromatic N) is 4. The lowest BCUT2D eigenvalue weighted by molar-refractivity contribution is -0.116. The van der Waals surface area contributed by atoms with Gasteiger partial charge in [-0.3, -0.25) is 19.8 Å². The number of H-pyrrole nitrogens is 1. The van der Waals surface area contributed by atoms with Crippen LogP contribution < -0.4 is 5.32 Å². The van der Waals surface area contributed by atoms with Gasteiger partial charge >= 0.3 is 0 Å². The molecule has 2 N–H and O–H groups in total. The molecule has 0 aromatic carbocycles. The number of rotatable bonds is 7. The Morgan fingerprint density at radius 1 is 1.45 bits per heavy atom. The molecule has 22 heavy (non-hydrogen) atoms. The zero-order valence-corrected chi connectivity index (χ0v) is 14.6. The summed E-state index contributed by atoms with van der Waals surface area (Å²) in [4.78, 5) is 12.1. The van der Waals surface area contributed by atoms with E-state index in [4.69, 9.17) is 12.2 Å². The minimum Gasteiger partial charge on any atom is -0.299 e. The third kappa shape index (κ3) is 4.44. The van der Waals surface area contributed by atoms with Gasteiger partial charge in [-0.15, -0.1) is 10.2 Å². The molecule has 0 aliphatic heterocycles. The number of nitrogens with one attached hydrogen (secondary N) is 2. The number of aromatic amines is 1. The molecule has 0 atom stereocenters. The lowest BCUT2D eigenvalue weighted by atomic mass is 10.1. The number of carbonyl (C=O) groups is 1. The zero-order valence-electron chi connectivity index (χ0n) is 12.9. The van der Waals surface area contributed by atoms with E-state index >= 15 is 0 Å². The first-order chi connectivity index (χ1) is 10.5. The van der Waals surface area contributed by atoms with Crippen LogP contribution in [-0.2, 0) is 24.2 Å². The lowest BCUT2D eigenvalue weighted by Crippen LogP contribution is -2.20. The van der Waals surface area contributed by atoms with Crippen LogP contribution in [0.25, 0.3) is 0 Å². The Bertz CT molecular complexity index is 687. The van der Waals surface area contributed by atoms with Crippen LogP contribution in [0, 0.1) is 10.7 Å². The first-order valence-corrected chi connectivity index (χ1v) is 8.48. The molecule has 7 nitrogen and oxygen atoms in total. The van der Waals surface area contributed by atoms with Crippen LogP contribution in [0.4, 0.5) is 5.13 Å².